The van der Waals surface area contributed by atoms with Gasteiger partial charge in [-0.25, -0.2) is 0 Å². The van der Waals surface area contributed by atoms with E-state index in [1.54, 1.807) is 0 Å². The van der Waals surface area contributed by atoms with E-state index in [1.807, 2.05) is 20.8 Å². The number of amides is 3. The molecule has 0 rings (SSSR count). The first-order valence-electron chi connectivity index (χ1n) is 22.7. The summed E-state index contributed by atoms with van der Waals surface area (Å²) in [6, 6.07) is -0.750. The molecule has 0 aromatic rings. The third kappa shape index (κ3) is 31.8. The number of aliphatic imine (C=N–C) groups is 2. The maximum Gasteiger partial charge on any atom is 0.226 e. The highest BCUT2D eigenvalue weighted by Crippen LogP contribution is 2.19. The van der Waals surface area contributed by atoms with E-state index < -0.39 is 54.4 Å². The molecule has 16 heteroatoms. The molecule has 0 bridgehead atoms. The van der Waals surface area contributed by atoms with E-state index in [1.165, 1.54) is 57.8 Å². The van der Waals surface area contributed by atoms with Gasteiger partial charge >= 0.3 is 0 Å². The molecule has 0 aromatic heterocycles. The van der Waals surface area contributed by atoms with Crippen molar-refractivity contribution in [3.63, 3.8) is 0 Å². The number of carbonyl (C=O) groups is 6. The van der Waals surface area contributed by atoms with Gasteiger partial charge in [-0.3, -0.25) is 38.8 Å². The molecular formula is C44H83N9O7. The van der Waals surface area contributed by atoms with E-state index in [2.05, 4.69) is 32.9 Å². The Morgan fingerprint density at radius 3 is 1.57 bits per heavy atom. The molecule has 0 aliphatic heterocycles. The van der Waals surface area contributed by atoms with Crippen LogP contribution in [0.4, 0.5) is 0 Å². The molecule has 0 aliphatic carbocycles. The summed E-state index contributed by atoms with van der Waals surface area (Å²) in [6.07, 6.45) is 18.2. The molecule has 0 aliphatic rings. The Morgan fingerprint density at radius 1 is 0.583 bits per heavy atom. The van der Waals surface area contributed by atoms with Crippen LogP contribution in [0.25, 0.3) is 0 Å². The molecule has 0 saturated carbocycles. The number of carbonyl (C=O) groups excluding carboxylic acids is 6. The smallest absolute Gasteiger partial charge is 0.226 e. The Hall–Kier alpha value is -4.08. The summed E-state index contributed by atoms with van der Waals surface area (Å²) in [6.45, 7) is 7.47. The molecule has 0 fully saturated rings. The van der Waals surface area contributed by atoms with Crippen LogP contribution in [0, 0.1) is 23.7 Å². The normalized spacial score (nSPS) is 13.1. The van der Waals surface area contributed by atoms with Gasteiger partial charge in [0.1, 0.15) is 0 Å². The average molecular weight is 850 g/mol. The second-order valence-electron chi connectivity index (χ2n) is 16.9. The molecule has 0 aromatic carbocycles. The Morgan fingerprint density at radius 2 is 1.07 bits per heavy atom. The van der Waals surface area contributed by atoms with Crippen LogP contribution in [-0.2, 0) is 28.8 Å². The molecule has 3 amide bonds. The molecule has 60 heavy (non-hydrogen) atoms. The van der Waals surface area contributed by atoms with Crippen molar-refractivity contribution in [3.8, 4) is 0 Å². The Kier molecular flexibility index (Phi) is 33.2. The van der Waals surface area contributed by atoms with Crippen LogP contribution in [-0.4, -0.2) is 90.9 Å². The van der Waals surface area contributed by atoms with Gasteiger partial charge in [0.05, 0.1) is 31.7 Å². The average Bonchev–Trinajstić information content (AvgIpc) is 3.19. The molecule has 4 atom stereocenters. The highest BCUT2D eigenvalue weighted by atomic mass is 16.3. The van der Waals surface area contributed by atoms with Crippen molar-refractivity contribution in [2.75, 3.05) is 32.8 Å². The van der Waals surface area contributed by atoms with Crippen LogP contribution in [0.3, 0.4) is 0 Å². The van der Waals surface area contributed by atoms with Gasteiger partial charge in [-0.2, -0.15) is 0 Å². The highest BCUT2D eigenvalue weighted by Gasteiger charge is 2.29. The Balaban J connectivity index is 4.94. The second-order valence-corrected chi connectivity index (χ2v) is 16.9. The monoisotopic (exact) mass is 850 g/mol. The zero-order valence-corrected chi connectivity index (χ0v) is 37.6. The van der Waals surface area contributed by atoms with E-state index in [0.29, 0.717) is 32.2 Å². The number of aliphatic hydroxyl groups excluding tert-OH is 1. The number of nitrogens with two attached hydrogens (primary N) is 4. The van der Waals surface area contributed by atoms with Gasteiger partial charge in [0.15, 0.2) is 29.3 Å². The first-order chi connectivity index (χ1) is 28.6. The lowest BCUT2D eigenvalue weighted by atomic mass is 9.90. The van der Waals surface area contributed by atoms with Crippen molar-refractivity contribution in [1.82, 2.24) is 16.0 Å². The van der Waals surface area contributed by atoms with Crippen LogP contribution >= 0.6 is 0 Å². The van der Waals surface area contributed by atoms with Gasteiger partial charge < -0.3 is 44.0 Å². The maximum atomic E-state index is 13.6. The number of nitrogens with one attached hydrogen (secondary N) is 3. The topological polar surface area (TPSA) is 288 Å². The van der Waals surface area contributed by atoms with E-state index >= 15 is 0 Å². The fraction of sp³-hybridized carbons (Fsp3) is 0.818. The number of hydrogen-bond donors (Lipinski definition) is 8. The van der Waals surface area contributed by atoms with E-state index in [9.17, 15) is 33.9 Å². The zero-order valence-electron chi connectivity index (χ0n) is 37.6. The van der Waals surface area contributed by atoms with Crippen LogP contribution in [0.15, 0.2) is 9.98 Å². The van der Waals surface area contributed by atoms with Gasteiger partial charge in [0.25, 0.3) is 0 Å². The lowest BCUT2D eigenvalue weighted by Crippen LogP contribution is -2.45. The van der Waals surface area contributed by atoms with Crippen LogP contribution < -0.4 is 38.9 Å². The van der Waals surface area contributed by atoms with Crippen molar-refractivity contribution < 1.29 is 33.9 Å². The minimum atomic E-state index is -1.11. The van der Waals surface area contributed by atoms with E-state index in [4.69, 9.17) is 22.9 Å². The number of aliphatic hydroxyl groups is 1. The molecule has 0 heterocycles. The standard InChI is InChI=1S/C44H83N9O7/c1-5-6-7-8-9-10-11-12-13-14-15-16-17-22-40(58)51-29-37(56)28-35(31-54)41(59)52-30-36(55)27-34(21-19-24-50-44(47)48)42(60)53-38(25-32(2)3)39(57)26-33(4)20-18-23-49-43(45)46/h32-35,38,54H,5-31H2,1-4H3,(H,51,58)(H,52,59)(H,53,60)(H4,45,46,49)(H4,47,48,50)/t33-,34-,35+,38+/m1/s1. The first kappa shape index (κ1) is 55.9. The predicted octanol–water partition coefficient (Wildman–Crippen LogP) is 4.08. The van der Waals surface area contributed by atoms with Gasteiger partial charge in [-0.15, -0.1) is 0 Å². The van der Waals surface area contributed by atoms with Crippen molar-refractivity contribution >= 4 is 47.0 Å². The van der Waals surface area contributed by atoms with Crippen molar-refractivity contribution in [2.45, 2.75) is 175 Å². The van der Waals surface area contributed by atoms with Gasteiger partial charge in [0.2, 0.25) is 17.7 Å². The number of ketones is 3. The van der Waals surface area contributed by atoms with Crippen LogP contribution in [0.2, 0.25) is 0 Å². The molecule has 0 unspecified atom stereocenters. The number of Topliss-reactive ketones (excluding diaryl/α,β-unsaturated/α-hetero) is 3. The molecule has 12 N–H and O–H groups in total. The quantitative estimate of drug-likeness (QED) is 0.0248. The summed E-state index contributed by atoms with van der Waals surface area (Å²) in [5.41, 5.74) is 21.7. The maximum absolute atomic E-state index is 13.6. The lowest BCUT2D eigenvalue weighted by molar-refractivity contribution is -0.134. The third-order valence-corrected chi connectivity index (χ3v) is 10.5. The zero-order chi connectivity index (χ0) is 45.1. The van der Waals surface area contributed by atoms with Gasteiger partial charge in [0, 0.05) is 44.7 Å². The predicted molar refractivity (Wildman–Crippen MR) is 240 cm³/mol. The van der Waals surface area contributed by atoms with Crippen molar-refractivity contribution in [1.29, 1.82) is 0 Å². The largest absolute Gasteiger partial charge is 0.396 e. The lowest BCUT2D eigenvalue weighted by Gasteiger charge is -2.24. The molecule has 16 nitrogen and oxygen atoms in total. The summed E-state index contributed by atoms with van der Waals surface area (Å²) in [4.78, 5) is 85.9. The molecule has 0 saturated heterocycles. The van der Waals surface area contributed by atoms with Crippen LogP contribution in [0.5, 0.6) is 0 Å². The molecular weight excluding hydrogens is 767 g/mol. The number of nitrogens with zero attached hydrogens (tertiary/aromatic N) is 2. The van der Waals surface area contributed by atoms with Crippen molar-refractivity contribution in [3.05, 3.63) is 0 Å². The Labute approximate surface area is 360 Å². The summed E-state index contributed by atoms with van der Waals surface area (Å²) < 4.78 is 0. The van der Waals surface area contributed by atoms with E-state index in [0.717, 1.165) is 32.1 Å². The third-order valence-electron chi connectivity index (χ3n) is 10.5. The van der Waals surface area contributed by atoms with Crippen LogP contribution in [0.1, 0.15) is 169 Å². The number of guanidine groups is 2. The highest BCUT2D eigenvalue weighted by molar-refractivity contribution is 5.94. The first-order valence-corrected chi connectivity index (χ1v) is 22.7. The number of unbranched alkanes of at least 4 members (excludes halogenated alkanes) is 12. The minimum Gasteiger partial charge on any atom is -0.396 e. The summed E-state index contributed by atoms with van der Waals surface area (Å²) in [5.74, 6) is -4.26. The summed E-state index contributed by atoms with van der Waals surface area (Å²) in [5, 5.41) is 17.8. The summed E-state index contributed by atoms with van der Waals surface area (Å²) in [7, 11) is 0. The SMILES string of the molecule is CCCCCCCCCCCCCCCC(=O)NCC(=O)C[C@@H](CO)C(=O)NCC(=O)C[C@@H](CCCN=C(N)N)C(=O)N[C@@H](CC(C)C)C(=O)C[C@H](C)CCCN=C(N)N. The molecule has 0 spiro atoms. The van der Waals surface area contributed by atoms with Gasteiger partial charge in [-0.1, -0.05) is 105 Å². The fourth-order valence-electron chi connectivity index (χ4n) is 6.99. The fourth-order valence-corrected chi connectivity index (χ4v) is 6.99. The van der Waals surface area contributed by atoms with E-state index in [-0.39, 0.29) is 74.2 Å². The van der Waals surface area contributed by atoms with Gasteiger partial charge in [-0.05, 0) is 50.4 Å². The molecule has 0 radical (unpaired) electrons. The molecule has 346 valence electrons. The second kappa shape index (κ2) is 35.7. The minimum absolute atomic E-state index is 0.0152. The summed E-state index contributed by atoms with van der Waals surface area (Å²) >= 11 is 0. The van der Waals surface area contributed by atoms with Crippen molar-refractivity contribution in [2.24, 2.45) is 56.6 Å². The Bertz CT molecular complexity index is 1300. The number of hydrogen-bond acceptors (Lipinski definition) is 9. The number of rotatable bonds is 39.